The number of hydrogen-bond donors (Lipinski definition) is 4. The quantitative estimate of drug-likeness (QED) is 0.130. The molecule has 0 spiro atoms. The van der Waals surface area contributed by atoms with Gasteiger partial charge in [0.25, 0.3) is 0 Å². The fraction of sp³-hybridized carbons (Fsp3) is 0.463. The Morgan fingerprint density at radius 1 is 1.12 bits per heavy atom. The summed E-state index contributed by atoms with van der Waals surface area (Å²) in [5.41, 5.74) is 2.50. The maximum absolute atomic E-state index is 10.0. The molecule has 3 aromatic rings. The zero-order valence-corrected chi connectivity index (χ0v) is 31.3. The molecule has 1 fully saturated rings. The molecule has 0 amide bonds. The van der Waals surface area contributed by atoms with Gasteiger partial charge in [0, 0.05) is 67.8 Å². The summed E-state index contributed by atoms with van der Waals surface area (Å²) in [5, 5.41) is 42.9. The number of hydrogen-bond acceptors (Lipinski definition) is 10. The van der Waals surface area contributed by atoms with E-state index in [1.807, 2.05) is 31.2 Å². The Balaban J connectivity index is 1.45. The second-order valence-corrected chi connectivity index (χ2v) is 14.9. The van der Waals surface area contributed by atoms with Crippen LogP contribution in [0.5, 0.6) is 11.5 Å². The number of likely N-dealkylation sites (tertiary alicyclic amines) is 1. The van der Waals surface area contributed by atoms with Crippen LogP contribution in [0.1, 0.15) is 61.4 Å². The normalized spacial score (nSPS) is 20.1. The molecule has 0 bridgehead atoms. The Morgan fingerprint density at radius 2 is 1.88 bits per heavy atom. The van der Waals surface area contributed by atoms with E-state index in [0.717, 1.165) is 48.2 Å². The number of pyridine rings is 1. The first-order valence-corrected chi connectivity index (χ1v) is 18.2. The highest BCUT2D eigenvalue weighted by molar-refractivity contribution is 6.33. The fourth-order valence-corrected chi connectivity index (χ4v) is 6.96. The molecule has 1 saturated heterocycles. The van der Waals surface area contributed by atoms with Gasteiger partial charge >= 0.3 is 0 Å². The van der Waals surface area contributed by atoms with E-state index >= 15 is 0 Å². The number of β-amino-alcohol motifs (C(OH)–C–C–N with tert-alkyl or cyclic N) is 1. The number of ether oxygens (including phenoxy) is 3. The van der Waals surface area contributed by atoms with E-state index in [1.54, 1.807) is 25.3 Å². The molecular formula is C41H51ClN4O6. The van der Waals surface area contributed by atoms with E-state index in [1.165, 1.54) is 6.20 Å². The molecule has 4 N–H and O–H groups in total. The fourth-order valence-electron chi connectivity index (χ4n) is 6.74. The predicted molar refractivity (Wildman–Crippen MR) is 202 cm³/mol. The highest BCUT2D eigenvalue weighted by atomic mass is 35.5. The standard InChI is InChI=1S/C41H51ClN4O6/c1-29-34(23-45-40(4,26-47)27-48)36(50-25-31-18-30(20-43)21-44-22-31)19-37(38(29)42)51-28-41(52-17-9-15-46-16-13-33(49)24-46)14-8-12-35(39(41,2)3)32-10-6-5-7-11-32/h5-8,10-12,14,18-19,21-22,33,45,47-49H,9,13,15-17,23-28H2,1-4H3/t33?,41-/m0/s1. The SMILES string of the molecule is Cc1c(Cl)c(OC[C@@]2(OCCCN3CCC(O)C3)C=CC=C(c3ccccc3)C2(C)C)cc(OCc2cncc(C#N)c2)c1CNC(C)(CO)CO. The van der Waals surface area contributed by atoms with E-state index in [-0.39, 0.29) is 39.1 Å². The zero-order chi connectivity index (χ0) is 37.4. The molecule has 1 aliphatic carbocycles. The first kappa shape index (κ1) is 39.4. The van der Waals surface area contributed by atoms with E-state index in [2.05, 4.69) is 59.4 Å². The lowest BCUT2D eigenvalue weighted by atomic mass is 9.65. The average Bonchev–Trinajstić information content (AvgIpc) is 3.58. The number of aromatic nitrogens is 1. The van der Waals surface area contributed by atoms with Gasteiger partial charge in [0.05, 0.1) is 35.4 Å². The van der Waals surface area contributed by atoms with Crippen LogP contribution in [0.3, 0.4) is 0 Å². The van der Waals surface area contributed by atoms with Crippen LogP contribution in [0.25, 0.3) is 5.57 Å². The second kappa shape index (κ2) is 17.4. The van der Waals surface area contributed by atoms with Crippen molar-refractivity contribution in [2.24, 2.45) is 5.41 Å². The summed E-state index contributed by atoms with van der Waals surface area (Å²) in [6.07, 6.45) is 10.7. The van der Waals surface area contributed by atoms with Gasteiger partial charge < -0.3 is 39.7 Å². The van der Waals surface area contributed by atoms with Crippen LogP contribution >= 0.6 is 11.6 Å². The van der Waals surface area contributed by atoms with Gasteiger partial charge in [-0.25, -0.2) is 0 Å². The van der Waals surface area contributed by atoms with Gasteiger partial charge in [-0.3, -0.25) is 4.98 Å². The average molecular weight is 731 g/mol. The Morgan fingerprint density at radius 3 is 2.58 bits per heavy atom. The first-order valence-electron chi connectivity index (χ1n) is 17.8. The van der Waals surface area contributed by atoms with Crippen molar-refractivity contribution >= 4 is 17.2 Å². The number of nitrogens with zero attached hydrogens (tertiary/aromatic N) is 3. The highest BCUT2D eigenvalue weighted by Gasteiger charge is 2.49. The van der Waals surface area contributed by atoms with Crippen LogP contribution in [0.4, 0.5) is 0 Å². The van der Waals surface area contributed by atoms with Crippen molar-refractivity contribution in [1.29, 1.82) is 5.26 Å². The highest BCUT2D eigenvalue weighted by Crippen LogP contribution is 2.49. The minimum absolute atomic E-state index is 0.134. The molecule has 11 heteroatoms. The molecule has 2 atom stereocenters. The van der Waals surface area contributed by atoms with Crippen LogP contribution < -0.4 is 14.8 Å². The maximum Gasteiger partial charge on any atom is 0.142 e. The van der Waals surface area contributed by atoms with Gasteiger partial charge in [-0.05, 0) is 55.5 Å². The van der Waals surface area contributed by atoms with Gasteiger partial charge in [-0.1, -0.05) is 67.9 Å². The number of allylic oxidation sites excluding steroid dienone is 2. The van der Waals surface area contributed by atoms with E-state index in [4.69, 9.17) is 25.8 Å². The summed E-state index contributed by atoms with van der Waals surface area (Å²) in [7, 11) is 0. The van der Waals surface area contributed by atoms with Crippen LogP contribution in [-0.4, -0.2) is 88.5 Å². The number of nitriles is 1. The van der Waals surface area contributed by atoms with Crippen LogP contribution in [0, 0.1) is 23.7 Å². The smallest absolute Gasteiger partial charge is 0.142 e. The van der Waals surface area contributed by atoms with Crippen LogP contribution in [-0.2, 0) is 17.9 Å². The lowest BCUT2D eigenvalue weighted by Crippen LogP contribution is -2.52. The van der Waals surface area contributed by atoms with E-state index in [0.29, 0.717) is 40.8 Å². The third-order valence-corrected chi connectivity index (χ3v) is 10.8. The lowest BCUT2D eigenvalue weighted by molar-refractivity contribution is -0.0927. The lowest BCUT2D eigenvalue weighted by Gasteiger charge is -2.47. The van der Waals surface area contributed by atoms with E-state index in [9.17, 15) is 20.6 Å². The van der Waals surface area contributed by atoms with Crippen molar-refractivity contribution in [1.82, 2.24) is 15.2 Å². The minimum Gasteiger partial charge on any atom is -0.488 e. The molecule has 278 valence electrons. The zero-order valence-electron chi connectivity index (χ0n) is 30.6. The number of aliphatic hydroxyl groups excluding tert-OH is 3. The van der Waals surface area contributed by atoms with Crippen molar-refractivity contribution in [3.63, 3.8) is 0 Å². The summed E-state index contributed by atoms with van der Waals surface area (Å²) in [6, 6.07) is 15.9. The third-order valence-electron chi connectivity index (χ3n) is 10.4. The van der Waals surface area contributed by atoms with Gasteiger partial charge in [-0.2, -0.15) is 5.26 Å². The van der Waals surface area contributed by atoms with Crippen molar-refractivity contribution in [3.05, 3.63) is 106 Å². The minimum atomic E-state index is -0.933. The molecule has 2 aliphatic rings. The molecule has 5 rings (SSSR count). The van der Waals surface area contributed by atoms with Crippen molar-refractivity contribution in [3.8, 4) is 17.6 Å². The summed E-state index contributed by atoms with van der Waals surface area (Å²) in [6.45, 7) is 10.8. The molecule has 2 aromatic carbocycles. The molecule has 0 radical (unpaired) electrons. The topological polar surface area (TPSA) is 140 Å². The number of aliphatic hydroxyl groups is 3. The molecule has 1 unspecified atom stereocenters. The number of nitrogens with one attached hydrogen (secondary N) is 1. The van der Waals surface area contributed by atoms with E-state index < -0.39 is 16.6 Å². The van der Waals surface area contributed by atoms with Crippen molar-refractivity contribution < 1.29 is 29.5 Å². The Bertz CT molecular complexity index is 1770. The van der Waals surface area contributed by atoms with Crippen LogP contribution in [0.2, 0.25) is 5.02 Å². The van der Waals surface area contributed by atoms with Gasteiger partial charge in [0.2, 0.25) is 0 Å². The van der Waals surface area contributed by atoms with Gasteiger partial charge in [0.15, 0.2) is 0 Å². The maximum atomic E-state index is 10.0. The Hall–Kier alpha value is -3.79. The number of rotatable bonds is 17. The second-order valence-electron chi connectivity index (χ2n) is 14.6. The summed E-state index contributed by atoms with van der Waals surface area (Å²) in [4.78, 5) is 6.43. The van der Waals surface area contributed by atoms with Crippen molar-refractivity contribution in [2.45, 2.75) is 70.9 Å². The summed E-state index contributed by atoms with van der Waals surface area (Å²) >= 11 is 7.07. The van der Waals surface area contributed by atoms with Gasteiger partial charge in [0.1, 0.15) is 36.4 Å². The molecule has 0 saturated carbocycles. The summed E-state index contributed by atoms with van der Waals surface area (Å²) in [5.74, 6) is 0.916. The largest absolute Gasteiger partial charge is 0.488 e. The molecule has 52 heavy (non-hydrogen) atoms. The molecule has 1 aromatic heterocycles. The van der Waals surface area contributed by atoms with Gasteiger partial charge in [-0.15, -0.1) is 0 Å². The monoisotopic (exact) mass is 730 g/mol. The number of halogens is 1. The molecule has 2 heterocycles. The molecule has 1 aliphatic heterocycles. The molecular weight excluding hydrogens is 680 g/mol. The van der Waals surface area contributed by atoms with Crippen molar-refractivity contribution in [2.75, 3.05) is 46.1 Å². The third kappa shape index (κ3) is 9.04. The Kier molecular flexibility index (Phi) is 13.2. The van der Waals surface area contributed by atoms with Crippen LogP contribution in [0.15, 0.2) is 73.1 Å². The number of benzene rings is 2. The summed E-state index contributed by atoms with van der Waals surface area (Å²) < 4.78 is 19.9. The molecule has 10 nitrogen and oxygen atoms in total. The first-order chi connectivity index (χ1) is 24.9. The Labute approximate surface area is 312 Å². The predicted octanol–water partition coefficient (Wildman–Crippen LogP) is 5.60.